The topological polar surface area (TPSA) is 92.8 Å². The summed E-state index contributed by atoms with van der Waals surface area (Å²) >= 11 is 0. The third kappa shape index (κ3) is 6.85. The molecule has 0 aromatic heterocycles. The smallest absolute Gasteiger partial charge is 0.310 e. The number of carbonyl (C=O) groups excluding carboxylic acids is 2. The number of carbonyl (C=O) groups is 2. The van der Waals surface area contributed by atoms with Crippen molar-refractivity contribution in [3.05, 3.63) is 59.9 Å². The lowest BCUT2D eigenvalue weighted by Gasteiger charge is -2.33. The SMILES string of the molecule is CCOC(=O)Cc1ccc(NC(=O)CN(C2CCCCC2)S(=O)(=O)c2ccc(F)cc2)cc1. The van der Waals surface area contributed by atoms with Crippen LogP contribution in [-0.4, -0.2) is 43.8 Å². The molecule has 1 saturated carbocycles. The fourth-order valence-electron chi connectivity index (χ4n) is 3.95. The summed E-state index contributed by atoms with van der Waals surface area (Å²) in [4.78, 5) is 24.4. The minimum atomic E-state index is -3.98. The molecular formula is C24H29FN2O5S. The summed E-state index contributed by atoms with van der Waals surface area (Å²) < 4.78 is 46.1. The highest BCUT2D eigenvalue weighted by molar-refractivity contribution is 7.89. The first-order chi connectivity index (χ1) is 15.8. The highest BCUT2D eigenvalue weighted by Crippen LogP contribution is 2.28. The van der Waals surface area contributed by atoms with Crippen molar-refractivity contribution in [1.82, 2.24) is 4.31 Å². The molecule has 178 valence electrons. The van der Waals surface area contributed by atoms with E-state index in [0.717, 1.165) is 37.0 Å². The maximum Gasteiger partial charge on any atom is 0.310 e. The third-order valence-electron chi connectivity index (χ3n) is 5.59. The Hall–Kier alpha value is -2.78. The summed E-state index contributed by atoms with van der Waals surface area (Å²) in [6.45, 7) is 1.71. The van der Waals surface area contributed by atoms with Crippen LogP contribution in [0, 0.1) is 5.82 Å². The molecule has 0 bridgehead atoms. The monoisotopic (exact) mass is 476 g/mol. The molecule has 2 aromatic rings. The van der Waals surface area contributed by atoms with Crippen LogP contribution in [0.25, 0.3) is 0 Å². The number of ether oxygens (including phenoxy) is 1. The quantitative estimate of drug-likeness (QED) is 0.554. The van der Waals surface area contributed by atoms with Gasteiger partial charge in [-0.2, -0.15) is 4.31 Å². The lowest BCUT2D eigenvalue weighted by atomic mass is 9.95. The molecule has 1 N–H and O–H groups in total. The van der Waals surface area contributed by atoms with Gasteiger partial charge >= 0.3 is 5.97 Å². The van der Waals surface area contributed by atoms with Crippen LogP contribution in [-0.2, 0) is 30.8 Å². The van der Waals surface area contributed by atoms with E-state index in [4.69, 9.17) is 4.74 Å². The number of halogens is 1. The average molecular weight is 477 g/mol. The number of hydrogen-bond acceptors (Lipinski definition) is 5. The molecule has 0 atom stereocenters. The second-order valence-corrected chi connectivity index (χ2v) is 9.91. The van der Waals surface area contributed by atoms with Gasteiger partial charge in [0.2, 0.25) is 15.9 Å². The second kappa shape index (κ2) is 11.4. The van der Waals surface area contributed by atoms with Crippen molar-refractivity contribution in [2.24, 2.45) is 0 Å². The van der Waals surface area contributed by atoms with E-state index >= 15 is 0 Å². The van der Waals surface area contributed by atoms with Gasteiger partial charge in [-0.3, -0.25) is 9.59 Å². The number of amides is 1. The molecule has 1 fully saturated rings. The predicted octanol–water partition coefficient (Wildman–Crippen LogP) is 3.89. The maximum absolute atomic E-state index is 13.3. The summed E-state index contributed by atoms with van der Waals surface area (Å²) in [6, 6.07) is 11.1. The van der Waals surface area contributed by atoms with Crippen molar-refractivity contribution >= 4 is 27.6 Å². The van der Waals surface area contributed by atoms with E-state index in [-0.39, 0.29) is 29.9 Å². The third-order valence-corrected chi connectivity index (χ3v) is 7.51. The fourth-order valence-corrected chi connectivity index (χ4v) is 5.59. The van der Waals surface area contributed by atoms with Gasteiger partial charge in [-0.05, 0) is 61.7 Å². The molecule has 3 rings (SSSR count). The van der Waals surface area contributed by atoms with Crippen LogP contribution < -0.4 is 5.32 Å². The Morgan fingerprint density at radius 1 is 1.03 bits per heavy atom. The van der Waals surface area contributed by atoms with E-state index in [9.17, 15) is 22.4 Å². The number of rotatable bonds is 9. The molecule has 1 aliphatic rings. The zero-order valence-electron chi connectivity index (χ0n) is 18.6. The normalized spacial score (nSPS) is 14.8. The first kappa shape index (κ1) is 24.9. The Morgan fingerprint density at radius 3 is 2.27 bits per heavy atom. The second-order valence-electron chi connectivity index (χ2n) is 8.02. The Balaban J connectivity index is 1.72. The zero-order chi connectivity index (χ0) is 23.8. The molecule has 1 amide bonds. The van der Waals surface area contributed by atoms with Crippen molar-refractivity contribution in [1.29, 1.82) is 0 Å². The van der Waals surface area contributed by atoms with Crippen molar-refractivity contribution in [3.8, 4) is 0 Å². The van der Waals surface area contributed by atoms with Gasteiger partial charge in [-0.15, -0.1) is 0 Å². The number of benzene rings is 2. The van der Waals surface area contributed by atoms with Gasteiger partial charge in [0.05, 0.1) is 24.5 Å². The summed E-state index contributed by atoms with van der Waals surface area (Å²) in [5.74, 6) is -1.32. The van der Waals surface area contributed by atoms with Gasteiger partial charge in [0.25, 0.3) is 0 Å². The van der Waals surface area contributed by atoms with Crippen LogP contribution in [0.2, 0.25) is 0 Å². The molecule has 0 radical (unpaired) electrons. The summed E-state index contributed by atoms with van der Waals surface area (Å²) in [7, 11) is -3.98. The summed E-state index contributed by atoms with van der Waals surface area (Å²) in [6.07, 6.45) is 4.30. The molecule has 9 heteroatoms. The van der Waals surface area contributed by atoms with E-state index < -0.39 is 21.7 Å². The Kier molecular flexibility index (Phi) is 8.57. The molecule has 33 heavy (non-hydrogen) atoms. The van der Waals surface area contributed by atoms with Gasteiger partial charge in [-0.25, -0.2) is 12.8 Å². The number of esters is 1. The number of nitrogens with zero attached hydrogens (tertiary/aromatic N) is 1. The van der Waals surface area contributed by atoms with E-state index in [2.05, 4.69) is 5.32 Å². The van der Waals surface area contributed by atoms with Gasteiger partial charge in [0, 0.05) is 11.7 Å². The first-order valence-electron chi connectivity index (χ1n) is 11.1. The van der Waals surface area contributed by atoms with Crippen LogP contribution in [0.15, 0.2) is 53.4 Å². The predicted molar refractivity (Wildman–Crippen MR) is 123 cm³/mol. The minimum absolute atomic E-state index is 0.0365. The van der Waals surface area contributed by atoms with Crippen LogP contribution in [0.1, 0.15) is 44.6 Å². The maximum atomic E-state index is 13.3. The highest BCUT2D eigenvalue weighted by atomic mass is 32.2. The number of hydrogen-bond donors (Lipinski definition) is 1. The summed E-state index contributed by atoms with van der Waals surface area (Å²) in [5, 5.41) is 2.73. The first-order valence-corrected chi connectivity index (χ1v) is 12.6. The van der Waals surface area contributed by atoms with Crippen molar-refractivity contribution < 1.29 is 27.1 Å². The molecular weight excluding hydrogens is 447 g/mol. The molecule has 2 aromatic carbocycles. The average Bonchev–Trinajstić information content (AvgIpc) is 2.80. The zero-order valence-corrected chi connectivity index (χ0v) is 19.4. The fraction of sp³-hybridized carbons (Fsp3) is 0.417. The van der Waals surface area contributed by atoms with E-state index in [1.165, 1.54) is 16.4 Å². The Morgan fingerprint density at radius 2 is 1.67 bits per heavy atom. The van der Waals surface area contributed by atoms with Crippen LogP contribution >= 0.6 is 0 Å². The molecule has 0 unspecified atom stereocenters. The molecule has 0 spiro atoms. The molecule has 0 aliphatic heterocycles. The minimum Gasteiger partial charge on any atom is -0.466 e. The van der Waals surface area contributed by atoms with Gasteiger partial charge < -0.3 is 10.1 Å². The van der Waals surface area contributed by atoms with Crippen molar-refractivity contribution in [2.75, 3.05) is 18.5 Å². The number of anilines is 1. The molecule has 7 nitrogen and oxygen atoms in total. The highest BCUT2D eigenvalue weighted by Gasteiger charge is 2.34. The lowest BCUT2D eigenvalue weighted by Crippen LogP contribution is -2.45. The van der Waals surface area contributed by atoms with Gasteiger partial charge in [-0.1, -0.05) is 31.4 Å². The molecule has 0 saturated heterocycles. The largest absolute Gasteiger partial charge is 0.466 e. The van der Waals surface area contributed by atoms with Crippen LogP contribution in [0.5, 0.6) is 0 Å². The van der Waals surface area contributed by atoms with Crippen LogP contribution in [0.4, 0.5) is 10.1 Å². The van der Waals surface area contributed by atoms with E-state index in [1.807, 2.05) is 0 Å². The Bertz CT molecular complexity index is 1050. The number of nitrogens with one attached hydrogen (secondary N) is 1. The molecule has 1 aliphatic carbocycles. The van der Waals surface area contributed by atoms with Crippen LogP contribution in [0.3, 0.4) is 0 Å². The van der Waals surface area contributed by atoms with Crippen molar-refractivity contribution in [3.63, 3.8) is 0 Å². The standard InChI is InChI=1S/C24H29FN2O5S/c1-2-32-24(29)16-18-8-12-20(13-9-18)26-23(28)17-27(21-6-4-3-5-7-21)33(30,31)22-14-10-19(25)11-15-22/h8-15,21H,2-7,16-17H2,1H3,(H,26,28). The molecule has 0 heterocycles. The lowest BCUT2D eigenvalue weighted by molar-refractivity contribution is -0.142. The number of sulfonamides is 1. The van der Waals surface area contributed by atoms with E-state index in [0.29, 0.717) is 25.1 Å². The van der Waals surface area contributed by atoms with Gasteiger partial charge in [0.15, 0.2) is 0 Å². The van der Waals surface area contributed by atoms with Crippen molar-refractivity contribution in [2.45, 2.75) is 56.4 Å². The summed E-state index contributed by atoms with van der Waals surface area (Å²) in [5.41, 5.74) is 1.24. The van der Waals surface area contributed by atoms with Gasteiger partial charge in [0.1, 0.15) is 5.82 Å². The van der Waals surface area contributed by atoms with E-state index in [1.54, 1.807) is 31.2 Å². The Labute approximate surface area is 194 Å².